The van der Waals surface area contributed by atoms with Crippen LogP contribution in [0.3, 0.4) is 0 Å². The highest BCUT2D eigenvalue weighted by Crippen LogP contribution is 2.43. The number of fused-ring (bicyclic) bond motifs is 1. The second kappa shape index (κ2) is 7.56. The molecule has 4 rings (SSSR count). The van der Waals surface area contributed by atoms with Crippen LogP contribution in [0, 0.1) is 17.1 Å². The summed E-state index contributed by atoms with van der Waals surface area (Å²) < 4.78 is 18.5. The number of allylic oxidation sites excluding steroid dienone is 1. The molecule has 0 bridgehead atoms. The van der Waals surface area contributed by atoms with Gasteiger partial charge in [-0.3, -0.25) is 9.69 Å². The fourth-order valence-corrected chi connectivity index (χ4v) is 4.69. The fraction of sp³-hybridized carbons (Fsp3) is 0.238. The van der Waals surface area contributed by atoms with Crippen molar-refractivity contribution in [2.45, 2.75) is 12.3 Å². The van der Waals surface area contributed by atoms with Gasteiger partial charge in [-0.25, -0.2) is 4.39 Å². The highest BCUT2D eigenvalue weighted by Gasteiger charge is 2.38. The molecular formula is C21H18FN3O2S. The average Bonchev–Trinajstić information content (AvgIpc) is 2.74. The fourth-order valence-electron chi connectivity index (χ4n) is 3.52. The van der Waals surface area contributed by atoms with Crippen molar-refractivity contribution in [3.05, 3.63) is 70.5 Å². The van der Waals surface area contributed by atoms with Crippen LogP contribution < -0.4 is 9.64 Å². The maximum Gasteiger partial charge on any atom is 0.229 e. The van der Waals surface area contributed by atoms with Crippen LogP contribution in [0.5, 0.6) is 5.75 Å². The van der Waals surface area contributed by atoms with E-state index in [-0.39, 0.29) is 24.1 Å². The van der Waals surface area contributed by atoms with Crippen molar-refractivity contribution in [2.75, 3.05) is 24.6 Å². The van der Waals surface area contributed by atoms with Crippen LogP contribution in [0.25, 0.3) is 0 Å². The van der Waals surface area contributed by atoms with Gasteiger partial charge in [0.1, 0.15) is 11.6 Å². The van der Waals surface area contributed by atoms with Gasteiger partial charge in [0.25, 0.3) is 0 Å². The molecule has 2 aromatic rings. The Kier molecular flexibility index (Phi) is 4.97. The zero-order valence-corrected chi connectivity index (χ0v) is 16.1. The first-order chi connectivity index (χ1) is 13.6. The second-order valence-corrected chi connectivity index (χ2v) is 7.55. The number of nitriles is 1. The predicted octanol–water partition coefficient (Wildman–Crippen LogP) is 4.05. The van der Waals surface area contributed by atoms with E-state index >= 15 is 0 Å². The number of anilines is 1. The van der Waals surface area contributed by atoms with Gasteiger partial charge in [-0.1, -0.05) is 23.9 Å². The van der Waals surface area contributed by atoms with E-state index in [0.29, 0.717) is 28.9 Å². The summed E-state index contributed by atoms with van der Waals surface area (Å²) in [5.74, 6) is 0.690. The average molecular weight is 395 g/mol. The minimum Gasteiger partial charge on any atom is -0.497 e. The Hall–Kier alpha value is -2.98. The number of rotatable bonds is 3. The normalized spacial score (nSPS) is 19.3. The molecule has 0 radical (unpaired) electrons. The lowest BCUT2D eigenvalue weighted by Crippen LogP contribution is -2.47. The van der Waals surface area contributed by atoms with E-state index in [4.69, 9.17) is 4.74 Å². The minimum absolute atomic E-state index is 0.0267. The lowest BCUT2D eigenvalue weighted by molar-refractivity contribution is -0.129. The molecular weight excluding hydrogens is 377 g/mol. The topological polar surface area (TPSA) is 56.6 Å². The van der Waals surface area contributed by atoms with E-state index in [1.807, 2.05) is 29.2 Å². The van der Waals surface area contributed by atoms with Crippen LogP contribution in [0.1, 0.15) is 17.9 Å². The van der Waals surface area contributed by atoms with Gasteiger partial charge in [0.05, 0.1) is 36.3 Å². The monoisotopic (exact) mass is 395 g/mol. The first-order valence-corrected chi connectivity index (χ1v) is 9.81. The zero-order valence-electron chi connectivity index (χ0n) is 15.3. The number of methoxy groups -OCH3 is 1. The Bertz CT molecular complexity index is 984. The van der Waals surface area contributed by atoms with Crippen LogP contribution in [-0.4, -0.2) is 30.5 Å². The molecule has 2 aliphatic heterocycles. The summed E-state index contributed by atoms with van der Waals surface area (Å²) in [6.07, 6.45) is 0.234. The largest absolute Gasteiger partial charge is 0.497 e. The van der Waals surface area contributed by atoms with E-state index in [2.05, 4.69) is 6.07 Å². The van der Waals surface area contributed by atoms with Gasteiger partial charge in [0, 0.05) is 18.0 Å². The van der Waals surface area contributed by atoms with Crippen LogP contribution in [0.4, 0.5) is 10.1 Å². The second-order valence-electron chi connectivity index (χ2n) is 6.62. The number of hydrogen-bond donors (Lipinski definition) is 0. The maximum atomic E-state index is 13.2. The van der Waals surface area contributed by atoms with Gasteiger partial charge in [-0.15, -0.1) is 0 Å². The summed E-state index contributed by atoms with van der Waals surface area (Å²) in [5, 5.41) is 10.6. The van der Waals surface area contributed by atoms with Gasteiger partial charge in [0.15, 0.2) is 0 Å². The van der Waals surface area contributed by atoms with E-state index < -0.39 is 0 Å². The molecule has 0 aromatic heterocycles. The third-order valence-corrected chi connectivity index (χ3v) is 6.14. The van der Waals surface area contributed by atoms with Crippen LogP contribution in [-0.2, 0) is 4.79 Å². The van der Waals surface area contributed by atoms with Gasteiger partial charge in [-0.2, -0.15) is 5.26 Å². The summed E-state index contributed by atoms with van der Waals surface area (Å²) in [4.78, 5) is 16.6. The van der Waals surface area contributed by atoms with Gasteiger partial charge >= 0.3 is 0 Å². The summed E-state index contributed by atoms with van der Waals surface area (Å²) in [6.45, 7) is 0.350. The lowest BCUT2D eigenvalue weighted by Gasteiger charge is -2.42. The first-order valence-electron chi connectivity index (χ1n) is 8.82. The van der Waals surface area contributed by atoms with Crippen molar-refractivity contribution >= 4 is 23.4 Å². The van der Waals surface area contributed by atoms with Gasteiger partial charge in [-0.05, 0) is 42.0 Å². The van der Waals surface area contributed by atoms with E-state index in [9.17, 15) is 14.4 Å². The number of ether oxygens (including phenoxy) is 1. The third-order valence-electron chi connectivity index (χ3n) is 4.98. The number of thioether (sulfide) groups is 1. The molecule has 28 heavy (non-hydrogen) atoms. The predicted molar refractivity (Wildman–Crippen MR) is 106 cm³/mol. The molecule has 1 saturated heterocycles. The number of amides is 1. The van der Waals surface area contributed by atoms with Crippen molar-refractivity contribution in [1.29, 1.82) is 5.26 Å². The maximum absolute atomic E-state index is 13.2. The highest BCUT2D eigenvalue weighted by molar-refractivity contribution is 8.03. The number of carbonyl (C=O) groups is 1. The summed E-state index contributed by atoms with van der Waals surface area (Å²) >= 11 is 1.46. The highest BCUT2D eigenvalue weighted by atomic mass is 32.2. The molecule has 0 N–H and O–H groups in total. The Morgan fingerprint density at radius 2 is 2.04 bits per heavy atom. The van der Waals surface area contributed by atoms with Gasteiger partial charge < -0.3 is 9.64 Å². The Morgan fingerprint density at radius 3 is 2.75 bits per heavy atom. The third kappa shape index (κ3) is 3.32. The molecule has 7 heteroatoms. The molecule has 1 amide bonds. The quantitative estimate of drug-likeness (QED) is 0.785. The Morgan fingerprint density at radius 1 is 1.25 bits per heavy atom. The molecule has 142 valence electrons. The smallest absolute Gasteiger partial charge is 0.229 e. The van der Waals surface area contributed by atoms with Crippen molar-refractivity contribution in [3.63, 3.8) is 0 Å². The SMILES string of the molecule is COc1cccc([C@H]2CC(=O)N3CN(c4ccc(F)cc4)CSC3=C2C#N)c1. The molecule has 2 aliphatic rings. The summed E-state index contributed by atoms with van der Waals surface area (Å²) in [5.41, 5.74) is 2.35. The van der Waals surface area contributed by atoms with Crippen molar-refractivity contribution < 1.29 is 13.9 Å². The molecule has 1 atom stereocenters. The summed E-state index contributed by atoms with van der Waals surface area (Å²) in [7, 11) is 1.59. The Labute approximate surface area is 167 Å². The number of carbonyl (C=O) groups excluding carboxylic acids is 1. The van der Waals surface area contributed by atoms with E-state index in [1.165, 1.54) is 23.9 Å². The molecule has 5 nitrogen and oxygen atoms in total. The van der Waals surface area contributed by atoms with Crippen LogP contribution >= 0.6 is 11.8 Å². The number of nitrogens with zero attached hydrogens (tertiary/aromatic N) is 3. The molecule has 0 saturated carbocycles. The molecule has 0 unspecified atom stereocenters. The number of halogens is 1. The number of hydrogen-bond acceptors (Lipinski definition) is 5. The minimum atomic E-state index is -0.295. The van der Waals surface area contributed by atoms with E-state index in [1.54, 1.807) is 24.1 Å². The first kappa shape index (κ1) is 18.4. The molecule has 2 heterocycles. The standard InChI is InChI=1S/C21H18FN3O2S/c1-27-17-4-2-3-14(9-17)18-10-20(26)25-12-24(13-28-21(25)19(18)11-23)16-7-5-15(22)6-8-16/h2-9,18H,10,12-13H2,1H3/t18-/m1/s1. The molecule has 0 spiro atoms. The van der Waals surface area contributed by atoms with Crippen molar-refractivity contribution in [3.8, 4) is 11.8 Å². The lowest BCUT2D eigenvalue weighted by atomic mass is 9.86. The van der Waals surface area contributed by atoms with Crippen LogP contribution in [0.15, 0.2) is 59.1 Å². The Balaban J connectivity index is 1.66. The molecule has 2 aromatic carbocycles. The zero-order chi connectivity index (χ0) is 19.7. The van der Waals surface area contributed by atoms with Crippen LogP contribution in [0.2, 0.25) is 0 Å². The molecule has 1 fully saturated rings. The van der Waals surface area contributed by atoms with Crippen molar-refractivity contribution in [2.24, 2.45) is 0 Å². The summed E-state index contributed by atoms with van der Waals surface area (Å²) in [6, 6.07) is 16.0. The molecule has 0 aliphatic carbocycles. The van der Waals surface area contributed by atoms with Gasteiger partial charge in [0.2, 0.25) is 5.91 Å². The number of benzene rings is 2. The van der Waals surface area contributed by atoms with E-state index in [0.717, 1.165) is 11.3 Å². The van der Waals surface area contributed by atoms with Crippen molar-refractivity contribution in [1.82, 2.24) is 4.90 Å².